The number of hydrogen-bond acceptors (Lipinski definition) is 4. The minimum atomic E-state index is -0.415. The fourth-order valence-electron chi connectivity index (χ4n) is 2.91. The average molecular weight is 383 g/mol. The van der Waals surface area contributed by atoms with E-state index in [1.165, 1.54) is 0 Å². The Balaban J connectivity index is 1.86. The van der Waals surface area contributed by atoms with Gasteiger partial charge in [0.25, 0.3) is 5.91 Å². The normalized spacial score (nSPS) is 16.4. The summed E-state index contributed by atoms with van der Waals surface area (Å²) in [5, 5.41) is 19.0. The summed E-state index contributed by atoms with van der Waals surface area (Å²) >= 11 is 5.24. The summed E-state index contributed by atoms with van der Waals surface area (Å²) in [4.78, 5) is 13.0. The van der Waals surface area contributed by atoms with E-state index in [2.05, 4.69) is 16.0 Å². The molecule has 0 unspecified atom stereocenters. The van der Waals surface area contributed by atoms with Gasteiger partial charge in [-0.3, -0.25) is 4.79 Å². The van der Waals surface area contributed by atoms with Gasteiger partial charge in [-0.05, 0) is 68.0 Å². The first-order valence-electron chi connectivity index (χ1n) is 8.59. The zero-order valence-electron chi connectivity index (χ0n) is 15.1. The van der Waals surface area contributed by atoms with Crippen LogP contribution in [-0.2, 0) is 4.79 Å². The Morgan fingerprint density at radius 3 is 2.48 bits per heavy atom. The first-order valence-corrected chi connectivity index (χ1v) is 9.00. The van der Waals surface area contributed by atoms with Crippen LogP contribution in [0.25, 0.3) is 0 Å². The Labute approximate surface area is 163 Å². The zero-order valence-corrected chi connectivity index (χ0v) is 15.9. The molecule has 1 aliphatic heterocycles. The molecule has 7 heteroatoms. The molecule has 0 fully saturated rings. The molecule has 27 heavy (non-hydrogen) atoms. The second kappa shape index (κ2) is 8.09. The second-order valence-corrected chi connectivity index (χ2v) is 6.48. The third-order valence-corrected chi connectivity index (χ3v) is 4.38. The van der Waals surface area contributed by atoms with Crippen LogP contribution in [0, 0.1) is 0 Å². The van der Waals surface area contributed by atoms with Crippen LogP contribution < -0.4 is 20.7 Å². The number of anilines is 1. The molecule has 0 spiro atoms. The van der Waals surface area contributed by atoms with Crippen molar-refractivity contribution in [3.05, 3.63) is 65.4 Å². The lowest BCUT2D eigenvalue weighted by Crippen LogP contribution is -2.45. The smallest absolute Gasteiger partial charge is 0.255 e. The van der Waals surface area contributed by atoms with Gasteiger partial charge < -0.3 is 25.8 Å². The lowest BCUT2D eigenvalue weighted by atomic mass is 9.95. The minimum Gasteiger partial charge on any atom is -0.508 e. The van der Waals surface area contributed by atoms with Crippen LogP contribution >= 0.6 is 12.2 Å². The van der Waals surface area contributed by atoms with Crippen LogP contribution in [0.3, 0.4) is 0 Å². The van der Waals surface area contributed by atoms with Gasteiger partial charge in [0, 0.05) is 11.4 Å². The summed E-state index contributed by atoms with van der Waals surface area (Å²) < 4.78 is 5.42. The highest BCUT2D eigenvalue weighted by Gasteiger charge is 2.29. The number of amides is 1. The number of nitrogens with one attached hydrogen (secondary N) is 3. The highest BCUT2D eigenvalue weighted by atomic mass is 32.1. The number of phenols is 1. The van der Waals surface area contributed by atoms with Gasteiger partial charge in [0.1, 0.15) is 11.5 Å². The van der Waals surface area contributed by atoms with E-state index in [-0.39, 0.29) is 11.7 Å². The van der Waals surface area contributed by atoms with Crippen LogP contribution in [0.15, 0.2) is 59.8 Å². The van der Waals surface area contributed by atoms with Crippen LogP contribution in [-0.4, -0.2) is 22.7 Å². The third kappa shape index (κ3) is 4.38. The van der Waals surface area contributed by atoms with Crippen LogP contribution in [0.1, 0.15) is 25.5 Å². The molecular weight excluding hydrogens is 362 g/mol. The number of ether oxygens (including phenoxy) is 1. The predicted molar refractivity (Wildman–Crippen MR) is 109 cm³/mol. The molecule has 1 heterocycles. The number of thiocarbonyl (C=S) groups is 1. The minimum absolute atomic E-state index is 0.163. The van der Waals surface area contributed by atoms with Crippen molar-refractivity contribution in [3.63, 3.8) is 0 Å². The number of allylic oxidation sites excluding steroid dienone is 1. The van der Waals surface area contributed by atoms with Gasteiger partial charge in [-0.2, -0.15) is 0 Å². The number of rotatable bonds is 5. The van der Waals surface area contributed by atoms with Crippen molar-refractivity contribution in [2.45, 2.75) is 19.9 Å². The average Bonchev–Trinajstić information content (AvgIpc) is 2.63. The molecule has 1 atom stereocenters. The van der Waals surface area contributed by atoms with Gasteiger partial charge in [0.2, 0.25) is 0 Å². The molecule has 0 saturated heterocycles. The molecule has 1 amide bonds. The third-order valence-electron chi connectivity index (χ3n) is 4.16. The topological polar surface area (TPSA) is 82.6 Å². The first kappa shape index (κ1) is 18.7. The Morgan fingerprint density at radius 1 is 1.19 bits per heavy atom. The van der Waals surface area contributed by atoms with E-state index < -0.39 is 6.04 Å². The number of hydrogen-bond donors (Lipinski definition) is 4. The van der Waals surface area contributed by atoms with Gasteiger partial charge in [-0.25, -0.2) is 0 Å². The summed E-state index contributed by atoms with van der Waals surface area (Å²) in [7, 11) is 0. The molecule has 0 aromatic heterocycles. The fraction of sp³-hybridized carbons (Fsp3) is 0.200. The summed E-state index contributed by atoms with van der Waals surface area (Å²) in [5.74, 6) is 0.674. The monoisotopic (exact) mass is 383 g/mol. The standard InChI is InChI=1S/C20H21N3O3S/c1-3-26-16-10-6-14(7-11-16)22-19(25)17-12(2)21-20(27)23-18(17)13-4-8-15(24)9-5-13/h4-11,18,24H,3H2,1-2H3,(H,22,25)(H2,21,23,27)/t18-/m1/s1. The molecule has 4 N–H and O–H groups in total. The maximum Gasteiger partial charge on any atom is 0.255 e. The van der Waals surface area contributed by atoms with Crippen LogP contribution in [0.2, 0.25) is 0 Å². The molecule has 0 radical (unpaired) electrons. The molecule has 140 valence electrons. The number of carbonyl (C=O) groups is 1. The van der Waals surface area contributed by atoms with E-state index in [9.17, 15) is 9.90 Å². The molecular formula is C20H21N3O3S. The lowest BCUT2D eigenvalue weighted by molar-refractivity contribution is -0.113. The van der Waals surface area contributed by atoms with E-state index in [1.54, 1.807) is 36.4 Å². The molecule has 2 aromatic carbocycles. The van der Waals surface area contributed by atoms with E-state index in [0.29, 0.717) is 28.7 Å². The molecule has 3 rings (SSSR count). The highest BCUT2D eigenvalue weighted by Crippen LogP contribution is 2.29. The number of benzene rings is 2. The second-order valence-electron chi connectivity index (χ2n) is 6.07. The molecule has 0 bridgehead atoms. The van der Waals surface area contributed by atoms with Gasteiger partial charge in [-0.15, -0.1) is 0 Å². The van der Waals surface area contributed by atoms with Crippen molar-refractivity contribution in [1.82, 2.24) is 10.6 Å². The van der Waals surface area contributed by atoms with Crippen LogP contribution in [0.5, 0.6) is 11.5 Å². The molecule has 2 aromatic rings. The first-order chi connectivity index (χ1) is 13.0. The summed E-state index contributed by atoms with van der Waals surface area (Å²) in [6, 6.07) is 13.5. The molecule has 6 nitrogen and oxygen atoms in total. The number of aromatic hydroxyl groups is 1. The molecule has 0 saturated carbocycles. The summed E-state index contributed by atoms with van der Waals surface area (Å²) in [5.41, 5.74) is 2.71. The van der Waals surface area contributed by atoms with Crippen molar-refractivity contribution in [2.75, 3.05) is 11.9 Å². The van der Waals surface area contributed by atoms with E-state index in [0.717, 1.165) is 11.3 Å². The molecule has 0 aliphatic carbocycles. The van der Waals surface area contributed by atoms with Crippen molar-refractivity contribution in [2.24, 2.45) is 0 Å². The Bertz CT molecular complexity index is 876. The predicted octanol–water partition coefficient (Wildman–Crippen LogP) is 3.22. The number of phenolic OH excluding ortho intramolecular Hbond substituents is 1. The van der Waals surface area contributed by atoms with Gasteiger partial charge in [0.15, 0.2) is 5.11 Å². The SMILES string of the molecule is CCOc1ccc(NC(=O)C2=C(C)NC(=S)N[C@@H]2c2ccc(O)cc2)cc1. The lowest BCUT2D eigenvalue weighted by Gasteiger charge is -2.30. The van der Waals surface area contributed by atoms with Gasteiger partial charge in [-0.1, -0.05) is 12.1 Å². The van der Waals surface area contributed by atoms with E-state index in [1.807, 2.05) is 26.0 Å². The largest absolute Gasteiger partial charge is 0.508 e. The van der Waals surface area contributed by atoms with E-state index >= 15 is 0 Å². The molecule has 1 aliphatic rings. The fourth-order valence-corrected chi connectivity index (χ4v) is 3.18. The Kier molecular flexibility index (Phi) is 5.61. The van der Waals surface area contributed by atoms with Crippen molar-refractivity contribution in [1.29, 1.82) is 0 Å². The van der Waals surface area contributed by atoms with Gasteiger partial charge >= 0.3 is 0 Å². The Morgan fingerprint density at radius 2 is 1.85 bits per heavy atom. The Hall–Kier alpha value is -3.06. The number of carbonyl (C=O) groups excluding carboxylic acids is 1. The zero-order chi connectivity index (χ0) is 19.4. The van der Waals surface area contributed by atoms with E-state index in [4.69, 9.17) is 17.0 Å². The maximum atomic E-state index is 13.0. The van der Waals surface area contributed by atoms with Crippen molar-refractivity contribution in [3.8, 4) is 11.5 Å². The summed E-state index contributed by atoms with van der Waals surface area (Å²) in [6.07, 6.45) is 0. The van der Waals surface area contributed by atoms with Crippen LogP contribution in [0.4, 0.5) is 5.69 Å². The quantitative estimate of drug-likeness (QED) is 0.594. The summed E-state index contributed by atoms with van der Waals surface area (Å²) in [6.45, 7) is 4.32. The van der Waals surface area contributed by atoms with Gasteiger partial charge in [0.05, 0.1) is 18.2 Å². The van der Waals surface area contributed by atoms with Crippen molar-refractivity contribution < 1.29 is 14.6 Å². The highest BCUT2D eigenvalue weighted by molar-refractivity contribution is 7.80. The maximum absolute atomic E-state index is 13.0. The van der Waals surface area contributed by atoms with Crippen molar-refractivity contribution >= 4 is 28.9 Å².